The van der Waals surface area contributed by atoms with Gasteiger partial charge >= 0.3 is 0 Å². The fourth-order valence-corrected chi connectivity index (χ4v) is 3.63. The average Bonchev–Trinajstić information content (AvgIpc) is 2.70. The number of aliphatic hydroxyl groups is 1. The predicted octanol–water partition coefficient (Wildman–Crippen LogP) is 3.60. The highest BCUT2D eigenvalue weighted by Gasteiger charge is 2.32. The fraction of sp³-hybridized carbons (Fsp3) is 0.182. The van der Waals surface area contributed by atoms with E-state index in [1.807, 2.05) is 36.4 Å². The highest BCUT2D eigenvalue weighted by atomic mass is 16.3. The molecule has 0 radical (unpaired) electrons. The van der Waals surface area contributed by atoms with E-state index >= 15 is 0 Å². The van der Waals surface area contributed by atoms with Crippen LogP contribution in [-0.2, 0) is 0 Å². The van der Waals surface area contributed by atoms with Crippen molar-refractivity contribution in [1.82, 2.24) is 4.90 Å². The Kier molecular flexibility index (Phi) is 4.38. The molecule has 1 heterocycles. The molecule has 2 N–H and O–H groups in total. The molecule has 0 saturated carbocycles. The van der Waals surface area contributed by atoms with Crippen molar-refractivity contribution in [3.05, 3.63) is 77.4 Å². The lowest BCUT2D eigenvalue weighted by molar-refractivity contribution is 0.0580. The van der Waals surface area contributed by atoms with Gasteiger partial charge in [0, 0.05) is 33.6 Å². The van der Waals surface area contributed by atoms with Crippen LogP contribution in [0.15, 0.2) is 60.7 Å². The maximum absolute atomic E-state index is 12.7. The molecule has 27 heavy (non-hydrogen) atoms. The minimum absolute atomic E-state index is 0.00145. The lowest BCUT2D eigenvalue weighted by Crippen LogP contribution is -2.41. The molecule has 1 aliphatic rings. The molecule has 2 amide bonds. The summed E-state index contributed by atoms with van der Waals surface area (Å²) < 4.78 is 0. The molecule has 0 aliphatic carbocycles. The average molecular weight is 360 g/mol. The van der Waals surface area contributed by atoms with Gasteiger partial charge in [-0.15, -0.1) is 0 Å². The first-order valence-electron chi connectivity index (χ1n) is 8.96. The van der Waals surface area contributed by atoms with Gasteiger partial charge in [0.05, 0.1) is 13.2 Å². The molecular weight excluding hydrogens is 340 g/mol. The molecule has 0 unspecified atom stereocenters. The minimum atomic E-state index is -0.361. The molecule has 0 bridgehead atoms. The summed E-state index contributed by atoms with van der Waals surface area (Å²) in [5.74, 6) is -0.721. The maximum atomic E-state index is 12.7. The van der Waals surface area contributed by atoms with Gasteiger partial charge in [-0.1, -0.05) is 42.5 Å². The minimum Gasteiger partial charge on any atom is -0.395 e. The number of β-amino-alcohol motifs (C(OH)–C–C–N with tert-alkyl or cyclic N) is 1. The summed E-state index contributed by atoms with van der Waals surface area (Å²) in [6, 6.07) is 19.3. The van der Waals surface area contributed by atoms with E-state index in [-0.39, 0.29) is 31.0 Å². The van der Waals surface area contributed by atoms with E-state index in [2.05, 4.69) is 24.4 Å². The van der Waals surface area contributed by atoms with Gasteiger partial charge in [-0.2, -0.15) is 0 Å². The third-order valence-electron chi connectivity index (χ3n) is 4.99. The molecular formula is C22H20N2O3. The van der Waals surface area contributed by atoms with Gasteiger partial charge in [0.15, 0.2) is 0 Å². The van der Waals surface area contributed by atoms with Crippen LogP contribution in [0.25, 0.3) is 10.8 Å². The topological polar surface area (TPSA) is 69.6 Å². The summed E-state index contributed by atoms with van der Waals surface area (Å²) in [6.45, 7) is 1.82. The fourth-order valence-electron chi connectivity index (χ4n) is 3.63. The zero-order valence-corrected chi connectivity index (χ0v) is 15.0. The Balaban J connectivity index is 1.80. The number of carbonyl (C=O) groups is 2. The quantitative estimate of drug-likeness (QED) is 0.682. The van der Waals surface area contributed by atoms with E-state index in [0.29, 0.717) is 16.5 Å². The number of nitrogens with zero attached hydrogens (tertiary/aromatic N) is 1. The number of aliphatic hydroxyl groups excluding tert-OH is 1. The summed E-state index contributed by atoms with van der Waals surface area (Å²) in [7, 11) is 0. The van der Waals surface area contributed by atoms with Crippen LogP contribution in [0.4, 0.5) is 5.69 Å². The Morgan fingerprint density at radius 1 is 0.926 bits per heavy atom. The molecule has 5 nitrogen and oxygen atoms in total. The second-order valence-corrected chi connectivity index (χ2v) is 6.65. The summed E-state index contributed by atoms with van der Waals surface area (Å²) >= 11 is 0. The van der Waals surface area contributed by atoms with Crippen molar-refractivity contribution < 1.29 is 14.7 Å². The first-order valence-corrected chi connectivity index (χ1v) is 8.96. The number of rotatable bonds is 5. The number of carbonyl (C=O) groups excluding carboxylic acids is 2. The van der Waals surface area contributed by atoms with Crippen LogP contribution in [-0.4, -0.2) is 35.0 Å². The molecule has 0 saturated heterocycles. The molecule has 3 aromatic rings. The van der Waals surface area contributed by atoms with Gasteiger partial charge in [0.1, 0.15) is 0 Å². The van der Waals surface area contributed by atoms with E-state index in [1.165, 1.54) is 0 Å². The summed E-state index contributed by atoms with van der Waals surface area (Å²) in [6.07, 6.45) is 0. The van der Waals surface area contributed by atoms with Crippen LogP contribution in [0.5, 0.6) is 0 Å². The van der Waals surface area contributed by atoms with Crippen molar-refractivity contribution in [2.45, 2.75) is 13.0 Å². The van der Waals surface area contributed by atoms with Gasteiger partial charge < -0.3 is 10.4 Å². The van der Waals surface area contributed by atoms with E-state index in [1.54, 1.807) is 12.1 Å². The Hall–Kier alpha value is -3.18. The molecule has 1 atom stereocenters. The Morgan fingerprint density at radius 2 is 1.63 bits per heavy atom. The van der Waals surface area contributed by atoms with Crippen LogP contribution < -0.4 is 5.32 Å². The number of imide groups is 1. The van der Waals surface area contributed by atoms with Crippen LogP contribution in [0, 0.1) is 0 Å². The second kappa shape index (κ2) is 6.85. The Bertz CT molecular complexity index is 1010. The largest absolute Gasteiger partial charge is 0.395 e. The van der Waals surface area contributed by atoms with Crippen molar-refractivity contribution >= 4 is 28.3 Å². The van der Waals surface area contributed by atoms with Gasteiger partial charge in [0.2, 0.25) is 0 Å². The molecule has 0 spiro atoms. The molecule has 3 aromatic carbocycles. The lowest BCUT2D eigenvalue weighted by Gasteiger charge is -2.27. The highest BCUT2D eigenvalue weighted by Crippen LogP contribution is 2.35. The van der Waals surface area contributed by atoms with Crippen molar-refractivity contribution in [3.8, 4) is 0 Å². The first-order chi connectivity index (χ1) is 13.1. The number of nitrogens with one attached hydrogen (secondary N) is 1. The van der Waals surface area contributed by atoms with E-state index < -0.39 is 0 Å². The van der Waals surface area contributed by atoms with Crippen LogP contribution >= 0.6 is 0 Å². The van der Waals surface area contributed by atoms with Crippen LogP contribution in [0.1, 0.15) is 39.2 Å². The maximum Gasteiger partial charge on any atom is 0.261 e. The van der Waals surface area contributed by atoms with E-state index in [0.717, 1.165) is 21.5 Å². The molecule has 0 fully saturated rings. The monoisotopic (exact) mass is 360 g/mol. The Morgan fingerprint density at radius 3 is 2.33 bits per heavy atom. The SMILES string of the molecule is C[C@@H](Nc1ccc2c3c(cccc13)C(=O)N(CCO)C2=O)c1ccccc1. The van der Waals surface area contributed by atoms with Gasteiger partial charge in [-0.05, 0) is 30.7 Å². The van der Waals surface area contributed by atoms with Crippen molar-refractivity contribution in [2.24, 2.45) is 0 Å². The van der Waals surface area contributed by atoms with Crippen molar-refractivity contribution in [3.63, 3.8) is 0 Å². The Labute approximate surface area is 157 Å². The van der Waals surface area contributed by atoms with Gasteiger partial charge in [0.25, 0.3) is 11.8 Å². The zero-order chi connectivity index (χ0) is 19.0. The summed E-state index contributed by atoms with van der Waals surface area (Å²) in [5, 5.41) is 14.2. The van der Waals surface area contributed by atoms with Gasteiger partial charge in [-0.3, -0.25) is 14.5 Å². The third kappa shape index (κ3) is 2.86. The number of amides is 2. The van der Waals surface area contributed by atoms with E-state index in [9.17, 15) is 14.7 Å². The molecule has 4 rings (SSSR count). The second-order valence-electron chi connectivity index (χ2n) is 6.65. The summed E-state index contributed by atoms with van der Waals surface area (Å²) in [5.41, 5.74) is 3.01. The van der Waals surface area contributed by atoms with Gasteiger partial charge in [-0.25, -0.2) is 0 Å². The molecule has 5 heteroatoms. The normalized spacial score (nSPS) is 14.5. The van der Waals surface area contributed by atoms with E-state index in [4.69, 9.17) is 0 Å². The summed E-state index contributed by atoms with van der Waals surface area (Å²) in [4.78, 5) is 26.6. The zero-order valence-electron chi connectivity index (χ0n) is 15.0. The standard InChI is InChI=1S/C22H20N2O3/c1-14(15-6-3-2-4-7-15)23-19-11-10-18-20-16(19)8-5-9-17(20)21(26)24(12-13-25)22(18)27/h2-11,14,23,25H,12-13H2,1H3/t14-/m1/s1. The number of benzene rings is 3. The lowest BCUT2D eigenvalue weighted by atomic mass is 9.92. The van der Waals surface area contributed by atoms with Crippen LogP contribution in [0.3, 0.4) is 0 Å². The molecule has 136 valence electrons. The van der Waals surface area contributed by atoms with Crippen molar-refractivity contribution in [2.75, 3.05) is 18.5 Å². The number of hydrogen-bond acceptors (Lipinski definition) is 4. The smallest absolute Gasteiger partial charge is 0.261 e. The highest BCUT2D eigenvalue weighted by molar-refractivity contribution is 6.26. The number of anilines is 1. The predicted molar refractivity (Wildman–Crippen MR) is 105 cm³/mol. The van der Waals surface area contributed by atoms with Crippen molar-refractivity contribution in [1.29, 1.82) is 0 Å². The third-order valence-corrected chi connectivity index (χ3v) is 4.99. The molecule has 0 aromatic heterocycles. The molecule has 1 aliphatic heterocycles. The van der Waals surface area contributed by atoms with Crippen LogP contribution in [0.2, 0.25) is 0 Å². The number of hydrogen-bond donors (Lipinski definition) is 2. The first kappa shape index (κ1) is 17.2.